The van der Waals surface area contributed by atoms with E-state index in [0.717, 1.165) is 25.1 Å². The Morgan fingerprint density at radius 3 is 2.94 bits per heavy atom. The molecule has 0 amide bonds. The van der Waals surface area contributed by atoms with Crippen LogP contribution >= 0.6 is 11.6 Å². The van der Waals surface area contributed by atoms with Crippen LogP contribution in [0.5, 0.6) is 0 Å². The maximum atomic E-state index is 14.0. The van der Waals surface area contributed by atoms with E-state index in [9.17, 15) is 4.39 Å². The van der Waals surface area contributed by atoms with Crippen molar-refractivity contribution in [3.63, 3.8) is 0 Å². The zero-order valence-corrected chi connectivity index (χ0v) is 11.1. The first kappa shape index (κ1) is 13.4. The van der Waals surface area contributed by atoms with Gasteiger partial charge in [-0.05, 0) is 31.2 Å². The molecule has 1 aromatic rings. The van der Waals surface area contributed by atoms with Crippen LogP contribution in [0.2, 0.25) is 5.02 Å². The molecule has 0 radical (unpaired) electrons. The van der Waals surface area contributed by atoms with Gasteiger partial charge in [-0.3, -0.25) is 0 Å². The lowest BCUT2D eigenvalue weighted by Gasteiger charge is -2.20. The van der Waals surface area contributed by atoms with Gasteiger partial charge in [0.05, 0.1) is 12.6 Å². The van der Waals surface area contributed by atoms with Crippen LogP contribution in [0.25, 0.3) is 0 Å². The molecule has 18 heavy (non-hydrogen) atoms. The Hall–Kier alpha value is -1.06. The first-order valence-electron chi connectivity index (χ1n) is 6.23. The Bertz CT molecular complexity index is 447. The second-order valence-corrected chi connectivity index (χ2v) is 4.73. The lowest BCUT2D eigenvalue weighted by molar-refractivity contribution is 0.214. The Balaban J connectivity index is 2.26. The van der Waals surface area contributed by atoms with Crippen LogP contribution in [0.1, 0.15) is 31.4 Å². The van der Waals surface area contributed by atoms with Crippen molar-refractivity contribution in [2.45, 2.75) is 25.8 Å². The second kappa shape index (κ2) is 6.21. The normalized spacial score (nSPS) is 16.3. The van der Waals surface area contributed by atoms with E-state index in [4.69, 9.17) is 16.3 Å². The van der Waals surface area contributed by atoms with Gasteiger partial charge in [-0.1, -0.05) is 24.6 Å². The molecule has 0 spiro atoms. The molecule has 0 bridgehead atoms. The monoisotopic (exact) mass is 269 g/mol. The standard InChI is InChI=1S/C14H17ClFNO/c1-2-7-17-14(13-4-3-8-18-13)11-6-5-10(15)9-12(11)16/h4-6,9,14,17H,2-3,7-8H2,1H3. The van der Waals surface area contributed by atoms with Crippen LogP contribution in [-0.2, 0) is 4.74 Å². The lowest BCUT2D eigenvalue weighted by Crippen LogP contribution is -2.25. The summed E-state index contributed by atoms with van der Waals surface area (Å²) in [6, 6.07) is 4.54. The van der Waals surface area contributed by atoms with Crippen molar-refractivity contribution in [3.05, 3.63) is 46.4 Å². The van der Waals surface area contributed by atoms with Crippen molar-refractivity contribution in [1.29, 1.82) is 0 Å². The van der Waals surface area contributed by atoms with E-state index >= 15 is 0 Å². The summed E-state index contributed by atoms with van der Waals surface area (Å²) in [5.41, 5.74) is 0.584. The Kier molecular flexibility index (Phi) is 4.61. The van der Waals surface area contributed by atoms with Gasteiger partial charge in [0.1, 0.15) is 11.6 Å². The van der Waals surface area contributed by atoms with Gasteiger partial charge in [-0.15, -0.1) is 0 Å². The average molecular weight is 270 g/mol. The van der Waals surface area contributed by atoms with Crippen LogP contribution in [0, 0.1) is 5.82 Å². The summed E-state index contributed by atoms with van der Waals surface area (Å²) in [6.07, 6.45) is 3.88. The number of hydrogen-bond acceptors (Lipinski definition) is 2. The third-order valence-corrected chi connectivity index (χ3v) is 3.12. The van der Waals surface area contributed by atoms with Crippen LogP contribution in [-0.4, -0.2) is 13.2 Å². The van der Waals surface area contributed by atoms with E-state index in [2.05, 4.69) is 12.2 Å². The zero-order chi connectivity index (χ0) is 13.0. The maximum Gasteiger partial charge on any atom is 0.129 e. The van der Waals surface area contributed by atoms with E-state index in [1.54, 1.807) is 12.1 Å². The molecular formula is C14H17ClFNO. The molecule has 1 N–H and O–H groups in total. The highest BCUT2D eigenvalue weighted by Gasteiger charge is 2.23. The Morgan fingerprint density at radius 2 is 2.33 bits per heavy atom. The molecule has 1 aliphatic rings. The molecule has 1 atom stereocenters. The number of rotatable bonds is 5. The summed E-state index contributed by atoms with van der Waals surface area (Å²) in [7, 11) is 0. The summed E-state index contributed by atoms with van der Waals surface area (Å²) in [6.45, 7) is 3.56. The predicted molar refractivity (Wildman–Crippen MR) is 71.1 cm³/mol. The first-order valence-corrected chi connectivity index (χ1v) is 6.61. The summed E-state index contributed by atoms with van der Waals surface area (Å²) in [5, 5.41) is 3.72. The number of halogens is 2. The molecule has 0 aliphatic carbocycles. The molecule has 0 fully saturated rings. The largest absolute Gasteiger partial charge is 0.496 e. The number of benzene rings is 1. The third kappa shape index (κ3) is 3.03. The van der Waals surface area contributed by atoms with Gasteiger partial charge in [0.15, 0.2) is 0 Å². The van der Waals surface area contributed by atoms with Crippen LogP contribution < -0.4 is 5.32 Å². The lowest BCUT2D eigenvalue weighted by atomic mass is 10.0. The molecule has 1 unspecified atom stereocenters. The van der Waals surface area contributed by atoms with Gasteiger partial charge < -0.3 is 10.1 Å². The molecular weight excluding hydrogens is 253 g/mol. The maximum absolute atomic E-state index is 14.0. The van der Waals surface area contributed by atoms with Crippen molar-refractivity contribution in [3.8, 4) is 0 Å². The van der Waals surface area contributed by atoms with Gasteiger partial charge in [0, 0.05) is 17.0 Å². The minimum Gasteiger partial charge on any atom is -0.496 e. The van der Waals surface area contributed by atoms with Crippen molar-refractivity contribution in [2.75, 3.05) is 13.2 Å². The Morgan fingerprint density at radius 1 is 1.50 bits per heavy atom. The minimum atomic E-state index is -0.299. The zero-order valence-electron chi connectivity index (χ0n) is 10.4. The summed E-state index contributed by atoms with van der Waals surface area (Å²) < 4.78 is 19.5. The van der Waals surface area contributed by atoms with Crippen LogP contribution in [0.15, 0.2) is 30.0 Å². The SMILES string of the molecule is CCCNC(C1=CCCO1)c1ccc(Cl)cc1F. The van der Waals surface area contributed by atoms with E-state index in [-0.39, 0.29) is 11.9 Å². The average Bonchev–Trinajstić information content (AvgIpc) is 2.85. The summed E-state index contributed by atoms with van der Waals surface area (Å²) in [5.74, 6) is 0.511. The topological polar surface area (TPSA) is 21.3 Å². The molecule has 0 saturated carbocycles. The molecule has 1 aromatic carbocycles. The van der Waals surface area contributed by atoms with E-state index < -0.39 is 0 Å². The highest BCUT2D eigenvalue weighted by Crippen LogP contribution is 2.29. The van der Waals surface area contributed by atoms with E-state index in [1.807, 2.05) is 6.08 Å². The molecule has 0 aromatic heterocycles. The second-order valence-electron chi connectivity index (χ2n) is 4.30. The number of ether oxygens (including phenoxy) is 1. The number of hydrogen-bond donors (Lipinski definition) is 1. The van der Waals surface area contributed by atoms with Crippen molar-refractivity contribution < 1.29 is 9.13 Å². The fraction of sp³-hybridized carbons (Fsp3) is 0.429. The molecule has 0 saturated heterocycles. The van der Waals surface area contributed by atoms with Crippen LogP contribution in [0.3, 0.4) is 0 Å². The van der Waals surface area contributed by atoms with Gasteiger partial charge in [0.2, 0.25) is 0 Å². The van der Waals surface area contributed by atoms with Gasteiger partial charge in [0.25, 0.3) is 0 Å². The van der Waals surface area contributed by atoms with Gasteiger partial charge >= 0.3 is 0 Å². The molecule has 1 heterocycles. The molecule has 4 heteroatoms. The summed E-state index contributed by atoms with van der Waals surface area (Å²) >= 11 is 5.78. The fourth-order valence-electron chi connectivity index (χ4n) is 2.03. The van der Waals surface area contributed by atoms with Gasteiger partial charge in [-0.25, -0.2) is 4.39 Å². The van der Waals surface area contributed by atoms with E-state index in [0.29, 0.717) is 17.2 Å². The number of nitrogens with one attached hydrogen (secondary N) is 1. The highest BCUT2D eigenvalue weighted by atomic mass is 35.5. The van der Waals surface area contributed by atoms with Crippen molar-refractivity contribution >= 4 is 11.6 Å². The predicted octanol–water partition coefficient (Wildman–Crippen LogP) is 3.82. The molecule has 2 rings (SSSR count). The van der Waals surface area contributed by atoms with Crippen molar-refractivity contribution in [1.82, 2.24) is 5.32 Å². The summed E-state index contributed by atoms with van der Waals surface area (Å²) in [4.78, 5) is 0. The van der Waals surface area contributed by atoms with Crippen LogP contribution in [0.4, 0.5) is 4.39 Å². The Labute approximate surface area is 112 Å². The smallest absolute Gasteiger partial charge is 0.129 e. The molecule has 2 nitrogen and oxygen atoms in total. The van der Waals surface area contributed by atoms with Crippen molar-refractivity contribution in [2.24, 2.45) is 0 Å². The minimum absolute atomic E-state index is 0.218. The highest BCUT2D eigenvalue weighted by molar-refractivity contribution is 6.30. The van der Waals surface area contributed by atoms with Gasteiger partial charge in [-0.2, -0.15) is 0 Å². The fourth-order valence-corrected chi connectivity index (χ4v) is 2.18. The molecule has 98 valence electrons. The third-order valence-electron chi connectivity index (χ3n) is 2.89. The van der Waals surface area contributed by atoms with E-state index in [1.165, 1.54) is 6.07 Å². The molecule has 1 aliphatic heterocycles. The quantitative estimate of drug-likeness (QED) is 0.877. The first-order chi connectivity index (χ1) is 8.72.